The van der Waals surface area contributed by atoms with Gasteiger partial charge in [0.25, 0.3) is 5.91 Å². The third-order valence-corrected chi connectivity index (χ3v) is 3.76. The average Bonchev–Trinajstić information content (AvgIpc) is 3.13. The van der Waals surface area contributed by atoms with Gasteiger partial charge in [0.2, 0.25) is 0 Å². The summed E-state index contributed by atoms with van der Waals surface area (Å²) >= 11 is 9.33. The first-order valence-corrected chi connectivity index (χ1v) is 6.75. The molecule has 18 heavy (non-hydrogen) atoms. The molecule has 1 saturated carbocycles. The van der Waals surface area contributed by atoms with E-state index >= 15 is 0 Å². The molecule has 0 aromatic heterocycles. The van der Waals surface area contributed by atoms with Crippen molar-refractivity contribution >= 4 is 45.8 Å². The van der Waals surface area contributed by atoms with Crippen molar-refractivity contribution in [2.75, 3.05) is 6.54 Å². The zero-order chi connectivity index (χ0) is 12.4. The van der Waals surface area contributed by atoms with Crippen LogP contribution in [-0.4, -0.2) is 18.5 Å². The van der Waals surface area contributed by atoms with Gasteiger partial charge in [0.15, 0.2) is 0 Å². The van der Waals surface area contributed by atoms with Crippen molar-refractivity contribution in [3.05, 3.63) is 33.3 Å². The molecule has 0 aliphatic heterocycles. The summed E-state index contributed by atoms with van der Waals surface area (Å²) < 4.78 is 0.836. The summed E-state index contributed by atoms with van der Waals surface area (Å²) in [6.07, 6.45) is 2.29. The van der Waals surface area contributed by atoms with Gasteiger partial charge in [0, 0.05) is 17.1 Å². The van der Waals surface area contributed by atoms with E-state index in [1.54, 1.807) is 18.2 Å². The number of nitrogens with one attached hydrogen (secondary N) is 1. The lowest BCUT2D eigenvalue weighted by molar-refractivity contribution is 0.0933. The minimum Gasteiger partial charge on any atom is -0.348 e. The van der Waals surface area contributed by atoms with Crippen molar-refractivity contribution in [3.63, 3.8) is 0 Å². The number of amides is 1. The molecule has 1 aliphatic rings. The maximum atomic E-state index is 12.0. The molecule has 2 rings (SSSR count). The second-order valence-electron chi connectivity index (χ2n) is 4.28. The van der Waals surface area contributed by atoms with Crippen LogP contribution in [0, 0.1) is 5.92 Å². The summed E-state index contributed by atoms with van der Waals surface area (Å²) in [5, 5.41) is 3.40. The number of hydrogen-bond acceptors (Lipinski definition) is 2. The zero-order valence-corrected chi connectivity index (χ0v) is 12.8. The SMILES string of the molecule is Cl.NCC(NC(=O)c1cc(Br)ccc1Cl)C1CC1. The van der Waals surface area contributed by atoms with Crippen LogP contribution in [0.15, 0.2) is 22.7 Å². The molecule has 1 amide bonds. The smallest absolute Gasteiger partial charge is 0.253 e. The van der Waals surface area contributed by atoms with Crippen LogP contribution in [0.25, 0.3) is 0 Å². The van der Waals surface area contributed by atoms with E-state index in [-0.39, 0.29) is 24.4 Å². The van der Waals surface area contributed by atoms with Crippen molar-refractivity contribution in [2.24, 2.45) is 11.7 Å². The van der Waals surface area contributed by atoms with Crippen LogP contribution in [0.4, 0.5) is 0 Å². The zero-order valence-electron chi connectivity index (χ0n) is 9.66. The molecule has 0 bridgehead atoms. The lowest BCUT2D eigenvalue weighted by Gasteiger charge is -2.16. The Hall–Kier alpha value is -0.290. The summed E-state index contributed by atoms with van der Waals surface area (Å²) in [4.78, 5) is 12.0. The summed E-state index contributed by atoms with van der Waals surface area (Å²) in [6, 6.07) is 5.30. The van der Waals surface area contributed by atoms with E-state index in [2.05, 4.69) is 21.2 Å². The molecule has 1 aromatic rings. The molecule has 0 saturated heterocycles. The molecule has 1 aromatic carbocycles. The number of carbonyl (C=O) groups excluding carboxylic acids is 1. The second-order valence-corrected chi connectivity index (χ2v) is 5.60. The predicted molar refractivity (Wildman–Crippen MR) is 79.4 cm³/mol. The summed E-state index contributed by atoms with van der Waals surface area (Å²) in [7, 11) is 0. The highest BCUT2D eigenvalue weighted by atomic mass is 79.9. The molecule has 1 aliphatic carbocycles. The highest BCUT2D eigenvalue weighted by molar-refractivity contribution is 9.10. The van der Waals surface area contributed by atoms with Crippen LogP contribution in [0.1, 0.15) is 23.2 Å². The van der Waals surface area contributed by atoms with E-state index in [4.69, 9.17) is 17.3 Å². The Morgan fingerprint density at radius 2 is 2.22 bits per heavy atom. The van der Waals surface area contributed by atoms with E-state index in [1.807, 2.05) is 0 Å². The van der Waals surface area contributed by atoms with Gasteiger partial charge in [-0.2, -0.15) is 0 Å². The topological polar surface area (TPSA) is 55.1 Å². The minimum atomic E-state index is -0.154. The van der Waals surface area contributed by atoms with Crippen molar-refractivity contribution in [3.8, 4) is 0 Å². The van der Waals surface area contributed by atoms with Gasteiger partial charge in [-0.3, -0.25) is 4.79 Å². The monoisotopic (exact) mass is 352 g/mol. The van der Waals surface area contributed by atoms with Gasteiger partial charge in [0.05, 0.1) is 10.6 Å². The molecule has 6 heteroatoms. The number of halogens is 3. The molecule has 1 unspecified atom stereocenters. The van der Waals surface area contributed by atoms with Crippen molar-refractivity contribution in [1.29, 1.82) is 0 Å². The molecular formula is C12H15BrCl2N2O. The van der Waals surface area contributed by atoms with Crippen LogP contribution in [0.2, 0.25) is 5.02 Å². The van der Waals surface area contributed by atoms with Crippen molar-refractivity contribution in [2.45, 2.75) is 18.9 Å². The van der Waals surface area contributed by atoms with Crippen LogP contribution < -0.4 is 11.1 Å². The van der Waals surface area contributed by atoms with Crippen molar-refractivity contribution in [1.82, 2.24) is 5.32 Å². The third-order valence-electron chi connectivity index (χ3n) is 2.93. The van der Waals surface area contributed by atoms with E-state index < -0.39 is 0 Å². The third kappa shape index (κ3) is 3.85. The Morgan fingerprint density at radius 1 is 1.56 bits per heavy atom. The Kier molecular flexibility index (Phi) is 5.92. The van der Waals surface area contributed by atoms with Gasteiger partial charge in [0.1, 0.15) is 0 Å². The molecule has 3 nitrogen and oxygen atoms in total. The summed E-state index contributed by atoms with van der Waals surface area (Å²) in [5.41, 5.74) is 6.14. The highest BCUT2D eigenvalue weighted by Crippen LogP contribution is 2.32. The molecule has 1 atom stereocenters. The molecule has 0 heterocycles. The van der Waals surface area contributed by atoms with Gasteiger partial charge < -0.3 is 11.1 Å². The number of hydrogen-bond donors (Lipinski definition) is 2. The van der Waals surface area contributed by atoms with Crippen LogP contribution >= 0.6 is 39.9 Å². The quantitative estimate of drug-likeness (QED) is 0.874. The number of nitrogens with two attached hydrogens (primary N) is 1. The van der Waals surface area contributed by atoms with E-state index in [0.29, 0.717) is 23.0 Å². The maximum absolute atomic E-state index is 12.0. The standard InChI is InChI=1S/C12H14BrClN2O.ClH/c13-8-3-4-10(14)9(5-8)12(17)16-11(6-15)7-1-2-7;/h3-5,7,11H,1-2,6,15H2,(H,16,17);1H. The van der Waals surface area contributed by atoms with Gasteiger partial charge in [-0.25, -0.2) is 0 Å². The van der Waals surface area contributed by atoms with E-state index in [0.717, 1.165) is 17.3 Å². The van der Waals surface area contributed by atoms with Crippen LogP contribution in [-0.2, 0) is 0 Å². The summed E-state index contributed by atoms with van der Waals surface area (Å²) in [6.45, 7) is 0.474. The average molecular weight is 354 g/mol. The van der Waals surface area contributed by atoms with E-state index in [1.165, 1.54) is 0 Å². The maximum Gasteiger partial charge on any atom is 0.253 e. The number of carbonyl (C=O) groups is 1. The Labute approximate surface area is 126 Å². The number of benzene rings is 1. The van der Waals surface area contributed by atoms with Crippen molar-refractivity contribution < 1.29 is 4.79 Å². The molecular weight excluding hydrogens is 339 g/mol. The molecule has 1 fully saturated rings. The number of rotatable bonds is 4. The lowest BCUT2D eigenvalue weighted by Crippen LogP contribution is -2.41. The fraction of sp³-hybridized carbons (Fsp3) is 0.417. The first kappa shape index (κ1) is 15.8. The van der Waals surface area contributed by atoms with Crippen LogP contribution in [0.3, 0.4) is 0 Å². The van der Waals surface area contributed by atoms with Gasteiger partial charge >= 0.3 is 0 Å². The normalized spacial score (nSPS) is 15.7. The molecule has 0 spiro atoms. The van der Waals surface area contributed by atoms with Gasteiger partial charge in [-0.15, -0.1) is 12.4 Å². The largest absolute Gasteiger partial charge is 0.348 e. The Bertz CT molecular complexity index is 438. The van der Waals surface area contributed by atoms with Gasteiger partial charge in [-0.05, 0) is 37.0 Å². The molecule has 3 N–H and O–H groups in total. The first-order chi connectivity index (χ1) is 8.11. The van der Waals surface area contributed by atoms with Crippen LogP contribution in [0.5, 0.6) is 0 Å². The fourth-order valence-corrected chi connectivity index (χ4v) is 2.35. The van der Waals surface area contributed by atoms with E-state index in [9.17, 15) is 4.79 Å². The Balaban J connectivity index is 0.00000162. The minimum absolute atomic E-state index is 0. The van der Waals surface area contributed by atoms with Gasteiger partial charge in [-0.1, -0.05) is 27.5 Å². The Morgan fingerprint density at radius 3 is 2.78 bits per heavy atom. The highest BCUT2D eigenvalue weighted by Gasteiger charge is 2.31. The molecule has 100 valence electrons. The fourth-order valence-electron chi connectivity index (χ4n) is 1.79. The predicted octanol–water partition coefficient (Wildman–Crippen LogP) is 2.99. The lowest BCUT2D eigenvalue weighted by atomic mass is 10.1. The summed E-state index contributed by atoms with van der Waals surface area (Å²) in [5.74, 6) is 0.383. The molecule has 0 radical (unpaired) electrons. The first-order valence-electron chi connectivity index (χ1n) is 5.58. The second kappa shape index (κ2) is 6.75.